The molecule has 0 atom stereocenters. The maximum Gasteiger partial charge on any atom is 0.255 e. The normalized spacial score (nSPS) is 11.2. The molecule has 0 unspecified atom stereocenters. The summed E-state index contributed by atoms with van der Waals surface area (Å²) < 4.78 is 32.9. The average molecular weight is 316 g/mol. The first kappa shape index (κ1) is 17.4. The van der Waals surface area contributed by atoms with Crippen molar-refractivity contribution in [2.24, 2.45) is 5.14 Å². The van der Waals surface area contributed by atoms with Gasteiger partial charge in [0.1, 0.15) is 5.75 Å². The van der Waals surface area contributed by atoms with Crippen LogP contribution in [0.1, 0.15) is 23.7 Å². The van der Waals surface area contributed by atoms with Crippen molar-refractivity contribution in [3.8, 4) is 5.75 Å². The van der Waals surface area contributed by atoms with Gasteiger partial charge in [-0.05, 0) is 31.5 Å². The minimum Gasteiger partial charge on any atom is -0.493 e. The lowest BCUT2D eigenvalue weighted by Crippen LogP contribution is -2.26. The third-order valence-corrected chi connectivity index (χ3v) is 3.55. The molecule has 0 bridgehead atoms. The highest BCUT2D eigenvalue weighted by Crippen LogP contribution is 2.22. The van der Waals surface area contributed by atoms with E-state index in [1.54, 1.807) is 14.0 Å². The molecule has 0 spiro atoms. The van der Waals surface area contributed by atoms with Crippen LogP contribution in [0.4, 0.5) is 0 Å². The lowest BCUT2D eigenvalue weighted by atomic mass is 10.2. The minimum absolute atomic E-state index is 0.131. The first-order valence-electron chi connectivity index (χ1n) is 6.47. The Labute approximate surface area is 124 Å². The summed E-state index contributed by atoms with van der Waals surface area (Å²) in [5.74, 6) is -0.103. The standard InChI is InChI=1S/C13H20N2O5S/c1-3-20-12-6-5-10(21(14,17)18)9-11(12)13(16)15-7-4-8-19-2/h5-6,9H,3-4,7-8H2,1-2H3,(H,15,16)(H2,14,17,18). The Balaban J connectivity index is 2.97. The third-order valence-electron chi connectivity index (χ3n) is 2.63. The van der Waals surface area contributed by atoms with Crippen molar-refractivity contribution in [1.29, 1.82) is 0 Å². The second-order valence-corrected chi connectivity index (χ2v) is 5.80. The van der Waals surface area contributed by atoms with Gasteiger partial charge in [0.25, 0.3) is 5.91 Å². The number of benzene rings is 1. The van der Waals surface area contributed by atoms with Crippen LogP contribution in [0.5, 0.6) is 5.75 Å². The van der Waals surface area contributed by atoms with Crippen LogP contribution < -0.4 is 15.2 Å². The Morgan fingerprint density at radius 1 is 1.38 bits per heavy atom. The summed E-state index contributed by atoms with van der Waals surface area (Å²) in [5, 5.41) is 7.75. The number of amides is 1. The molecule has 0 fully saturated rings. The largest absolute Gasteiger partial charge is 0.493 e. The molecule has 7 nitrogen and oxygen atoms in total. The zero-order chi connectivity index (χ0) is 15.9. The number of carbonyl (C=O) groups excluding carboxylic acids is 1. The van der Waals surface area contributed by atoms with E-state index in [-0.39, 0.29) is 10.5 Å². The predicted molar refractivity (Wildman–Crippen MR) is 77.8 cm³/mol. The molecular weight excluding hydrogens is 296 g/mol. The third kappa shape index (κ3) is 5.33. The van der Waals surface area contributed by atoms with Crippen LogP contribution in [-0.4, -0.2) is 41.2 Å². The quantitative estimate of drug-likeness (QED) is 0.679. The molecule has 0 aliphatic heterocycles. The summed E-state index contributed by atoms with van der Waals surface area (Å²) in [6.07, 6.45) is 0.654. The maximum atomic E-state index is 12.1. The lowest BCUT2D eigenvalue weighted by Gasteiger charge is -2.12. The van der Waals surface area contributed by atoms with E-state index in [0.29, 0.717) is 31.9 Å². The fraction of sp³-hybridized carbons (Fsp3) is 0.462. The van der Waals surface area contributed by atoms with Crippen molar-refractivity contribution < 1.29 is 22.7 Å². The van der Waals surface area contributed by atoms with Crippen LogP contribution in [0.25, 0.3) is 0 Å². The topological polar surface area (TPSA) is 108 Å². The van der Waals surface area contributed by atoms with E-state index in [0.717, 1.165) is 0 Å². The molecule has 0 aromatic heterocycles. The first-order valence-corrected chi connectivity index (χ1v) is 8.01. The fourth-order valence-corrected chi connectivity index (χ4v) is 2.20. The summed E-state index contributed by atoms with van der Waals surface area (Å²) in [6.45, 7) is 3.07. The summed E-state index contributed by atoms with van der Waals surface area (Å²) in [4.78, 5) is 12.0. The van der Waals surface area contributed by atoms with Gasteiger partial charge in [-0.3, -0.25) is 4.79 Å². The van der Waals surface area contributed by atoms with Gasteiger partial charge in [0.15, 0.2) is 0 Å². The second-order valence-electron chi connectivity index (χ2n) is 4.24. The van der Waals surface area contributed by atoms with Crippen LogP contribution in [0, 0.1) is 0 Å². The number of ether oxygens (including phenoxy) is 2. The van der Waals surface area contributed by atoms with Gasteiger partial charge in [-0.1, -0.05) is 0 Å². The van der Waals surface area contributed by atoms with Gasteiger partial charge in [0.05, 0.1) is 17.1 Å². The van der Waals surface area contributed by atoms with Crippen molar-refractivity contribution >= 4 is 15.9 Å². The highest BCUT2D eigenvalue weighted by molar-refractivity contribution is 7.89. The smallest absolute Gasteiger partial charge is 0.255 e. The number of primary sulfonamides is 1. The molecule has 118 valence electrons. The van der Waals surface area contributed by atoms with Gasteiger partial charge in [0.2, 0.25) is 10.0 Å². The van der Waals surface area contributed by atoms with Gasteiger partial charge in [0, 0.05) is 20.3 Å². The molecule has 8 heteroatoms. The zero-order valence-corrected chi connectivity index (χ0v) is 12.9. The molecule has 0 radical (unpaired) electrons. The van der Waals surface area contributed by atoms with E-state index in [9.17, 15) is 13.2 Å². The number of nitrogens with one attached hydrogen (secondary N) is 1. The highest BCUT2D eigenvalue weighted by Gasteiger charge is 2.17. The molecule has 0 aliphatic carbocycles. The molecule has 1 aromatic carbocycles. The number of hydrogen-bond donors (Lipinski definition) is 2. The lowest BCUT2D eigenvalue weighted by molar-refractivity contribution is 0.0944. The Morgan fingerprint density at radius 3 is 2.67 bits per heavy atom. The molecule has 3 N–H and O–H groups in total. The summed E-state index contributed by atoms with van der Waals surface area (Å²) in [5.41, 5.74) is 0.140. The van der Waals surface area contributed by atoms with Crippen LogP contribution in [0.2, 0.25) is 0 Å². The molecular formula is C13H20N2O5S. The van der Waals surface area contributed by atoms with E-state index >= 15 is 0 Å². The van der Waals surface area contributed by atoms with Crippen molar-refractivity contribution in [3.05, 3.63) is 23.8 Å². The number of rotatable bonds is 8. The van der Waals surface area contributed by atoms with Crippen LogP contribution >= 0.6 is 0 Å². The average Bonchev–Trinajstić information content (AvgIpc) is 2.43. The highest BCUT2D eigenvalue weighted by atomic mass is 32.2. The van der Waals surface area contributed by atoms with Gasteiger partial charge in [-0.15, -0.1) is 0 Å². The fourth-order valence-electron chi connectivity index (χ4n) is 1.66. The van der Waals surface area contributed by atoms with E-state index in [4.69, 9.17) is 14.6 Å². The van der Waals surface area contributed by atoms with E-state index < -0.39 is 15.9 Å². The molecule has 0 aliphatic rings. The SMILES string of the molecule is CCOc1ccc(S(N)(=O)=O)cc1C(=O)NCCCOC. The monoisotopic (exact) mass is 316 g/mol. The van der Waals surface area contributed by atoms with Crippen LogP contribution in [-0.2, 0) is 14.8 Å². The van der Waals surface area contributed by atoms with E-state index in [1.807, 2.05) is 0 Å². The van der Waals surface area contributed by atoms with Gasteiger partial charge < -0.3 is 14.8 Å². The maximum absolute atomic E-state index is 12.1. The molecule has 0 heterocycles. The van der Waals surface area contributed by atoms with Crippen LogP contribution in [0.15, 0.2) is 23.1 Å². The Morgan fingerprint density at radius 2 is 2.10 bits per heavy atom. The number of hydrogen-bond acceptors (Lipinski definition) is 5. The van der Waals surface area contributed by atoms with Crippen molar-refractivity contribution in [2.75, 3.05) is 26.9 Å². The Bertz CT molecular complexity index is 586. The first-order chi connectivity index (χ1) is 9.90. The minimum atomic E-state index is -3.88. The predicted octanol–water partition coefficient (Wildman–Crippen LogP) is 0.499. The molecule has 0 saturated carbocycles. The molecule has 1 amide bonds. The molecule has 0 saturated heterocycles. The van der Waals surface area contributed by atoms with Crippen molar-refractivity contribution in [1.82, 2.24) is 5.32 Å². The summed E-state index contributed by atoms with van der Waals surface area (Å²) in [7, 11) is -2.30. The van der Waals surface area contributed by atoms with Gasteiger partial charge >= 0.3 is 0 Å². The van der Waals surface area contributed by atoms with E-state index in [1.165, 1.54) is 18.2 Å². The summed E-state index contributed by atoms with van der Waals surface area (Å²) >= 11 is 0. The second kappa shape index (κ2) is 7.96. The molecule has 1 rings (SSSR count). The zero-order valence-electron chi connectivity index (χ0n) is 12.1. The molecule has 21 heavy (non-hydrogen) atoms. The number of nitrogens with two attached hydrogens (primary N) is 1. The van der Waals surface area contributed by atoms with Gasteiger partial charge in [-0.25, -0.2) is 13.6 Å². The van der Waals surface area contributed by atoms with Crippen LogP contribution in [0.3, 0.4) is 0 Å². The number of sulfonamides is 1. The molecule has 1 aromatic rings. The summed E-state index contributed by atoms with van der Waals surface area (Å²) in [6, 6.07) is 3.95. The van der Waals surface area contributed by atoms with Gasteiger partial charge in [-0.2, -0.15) is 0 Å². The number of methoxy groups -OCH3 is 1. The van der Waals surface area contributed by atoms with Crippen molar-refractivity contribution in [3.63, 3.8) is 0 Å². The van der Waals surface area contributed by atoms with Crippen molar-refractivity contribution in [2.45, 2.75) is 18.2 Å². The Hall–Kier alpha value is -1.64. The van der Waals surface area contributed by atoms with E-state index in [2.05, 4.69) is 5.32 Å². The number of carbonyl (C=O) groups is 1. The Kier molecular flexibility index (Phi) is 6.60.